The molecule has 0 radical (unpaired) electrons. The summed E-state index contributed by atoms with van der Waals surface area (Å²) in [5.41, 5.74) is 6.50. The minimum absolute atomic E-state index is 0.364. The number of nitrogens with zero attached hydrogens (tertiary/aromatic N) is 3. The molecular weight excluding hydrogens is 246 g/mol. The Kier molecular flexibility index (Phi) is 4.89. The van der Waals surface area contributed by atoms with Gasteiger partial charge in [-0.2, -0.15) is 0 Å². The van der Waals surface area contributed by atoms with E-state index in [0.717, 1.165) is 18.8 Å². The molecule has 1 aromatic rings. The fourth-order valence-electron chi connectivity index (χ4n) is 2.20. The predicted octanol–water partition coefficient (Wildman–Crippen LogP) is -0.197. The SMILES string of the molecule is COCC1CC(CN(C)c2cc(OC)ncn2)NN1. The molecule has 7 nitrogen and oxygen atoms in total. The van der Waals surface area contributed by atoms with E-state index in [1.807, 2.05) is 13.1 Å². The van der Waals surface area contributed by atoms with Crippen LogP contribution in [0.15, 0.2) is 12.4 Å². The van der Waals surface area contributed by atoms with Crippen LogP contribution in [0, 0.1) is 0 Å². The molecule has 19 heavy (non-hydrogen) atoms. The molecule has 1 aliphatic heterocycles. The molecule has 2 unspecified atom stereocenters. The molecule has 1 saturated heterocycles. The molecule has 2 rings (SSSR count). The molecule has 0 amide bonds. The molecular formula is C12H21N5O2. The van der Waals surface area contributed by atoms with Crippen LogP contribution in [0.1, 0.15) is 6.42 Å². The second kappa shape index (κ2) is 6.65. The van der Waals surface area contributed by atoms with Crippen molar-refractivity contribution in [2.75, 3.05) is 39.3 Å². The number of hydrazine groups is 1. The van der Waals surface area contributed by atoms with E-state index in [4.69, 9.17) is 9.47 Å². The third-order valence-electron chi connectivity index (χ3n) is 3.15. The van der Waals surface area contributed by atoms with Crippen molar-refractivity contribution < 1.29 is 9.47 Å². The van der Waals surface area contributed by atoms with E-state index in [9.17, 15) is 0 Å². The molecule has 7 heteroatoms. The van der Waals surface area contributed by atoms with Crippen LogP contribution in [0.2, 0.25) is 0 Å². The molecule has 1 aromatic heterocycles. The Morgan fingerprint density at radius 3 is 2.84 bits per heavy atom. The lowest BCUT2D eigenvalue weighted by Gasteiger charge is -2.21. The number of anilines is 1. The molecule has 0 spiro atoms. The van der Waals surface area contributed by atoms with Crippen LogP contribution in [-0.4, -0.2) is 56.5 Å². The Bertz CT molecular complexity index is 403. The first-order valence-corrected chi connectivity index (χ1v) is 6.30. The van der Waals surface area contributed by atoms with Gasteiger partial charge in [0.25, 0.3) is 0 Å². The maximum absolute atomic E-state index is 5.14. The third kappa shape index (κ3) is 3.76. The van der Waals surface area contributed by atoms with Gasteiger partial charge < -0.3 is 14.4 Å². The first-order chi connectivity index (χ1) is 9.22. The second-order valence-corrected chi connectivity index (χ2v) is 4.67. The zero-order valence-electron chi connectivity index (χ0n) is 11.6. The lowest BCUT2D eigenvalue weighted by atomic mass is 10.1. The first kappa shape index (κ1) is 14.0. The van der Waals surface area contributed by atoms with Gasteiger partial charge in [-0.05, 0) is 6.42 Å². The van der Waals surface area contributed by atoms with Gasteiger partial charge in [0.15, 0.2) is 0 Å². The van der Waals surface area contributed by atoms with Gasteiger partial charge in [0.2, 0.25) is 5.88 Å². The molecule has 106 valence electrons. The van der Waals surface area contributed by atoms with Gasteiger partial charge in [-0.15, -0.1) is 0 Å². The highest BCUT2D eigenvalue weighted by molar-refractivity contribution is 5.40. The minimum atomic E-state index is 0.364. The molecule has 1 aliphatic rings. The lowest BCUT2D eigenvalue weighted by Crippen LogP contribution is -2.40. The zero-order chi connectivity index (χ0) is 13.7. The lowest BCUT2D eigenvalue weighted by molar-refractivity contribution is 0.171. The van der Waals surface area contributed by atoms with Crippen LogP contribution in [0.3, 0.4) is 0 Å². The molecule has 0 bridgehead atoms. The van der Waals surface area contributed by atoms with Crippen LogP contribution >= 0.6 is 0 Å². The second-order valence-electron chi connectivity index (χ2n) is 4.67. The van der Waals surface area contributed by atoms with Gasteiger partial charge in [-0.3, -0.25) is 10.9 Å². The van der Waals surface area contributed by atoms with E-state index in [0.29, 0.717) is 24.6 Å². The summed E-state index contributed by atoms with van der Waals surface area (Å²) in [6.45, 7) is 1.57. The maximum atomic E-state index is 5.14. The van der Waals surface area contributed by atoms with Crippen LogP contribution in [0.5, 0.6) is 5.88 Å². The average molecular weight is 267 g/mol. The van der Waals surface area contributed by atoms with E-state index in [-0.39, 0.29) is 0 Å². The largest absolute Gasteiger partial charge is 0.481 e. The van der Waals surface area contributed by atoms with Gasteiger partial charge >= 0.3 is 0 Å². The summed E-state index contributed by atoms with van der Waals surface area (Å²) in [4.78, 5) is 10.3. The monoisotopic (exact) mass is 267 g/mol. The Hall–Kier alpha value is -1.44. The van der Waals surface area contributed by atoms with E-state index in [2.05, 4.69) is 25.7 Å². The van der Waals surface area contributed by atoms with Crippen molar-refractivity contribution in [1.82, 2.24) is 20.8 Å². The van der Waals surface area contributed by atoms with Crippen molar-refractivity contribution in [3.05, 3.63) is 12.4 Å². The van der Waals surface area contributed by atoms with Gasteiger partial charge in [0.1, 0.15) is 12.1 Å². The summed E-state index contributed by atoms with van der Waals surface area (Å²) in [7, 11) is 5.32. The summed E-state index contributed by atoms with van der Waals surface area (Å²) < 4.78 is 10.2. The normalized spacial score (nSPS) is 22.5. The Morgan fingerprint density at radius 1 is 1.32 bits per heavy atom. The van der Waals surface area contributed by atoms with E-state index in [1.165, 1.54) is 6.33 Å². The van der Waals surface area contributed by atoms with E-state index >= 15 is 0 Å². The van der Waals surface area contributed by atoms with Gasteiger partial charge in [0.05, 0.1) is 13.7 Å². The van der Waals surface area contributed by atoms with Gasteiger partial charge in [-0.1, -0.05) is 0 Å². The predicted molar refractivity (Wildman–Crippen MR) is 72.2 cm³/mol. The number of rotatable bonds is 6. The number of hydrogen-bond acceptors (Lipinski definition) is 7. The molecule has 0 saturated carbocycles. The standard InChI is InChI=1S/C12H21N5O2/c1-17(11-5-12(19-3)14-8-13-11)6-9-4-10(7-18-2)16-15-9/h5,8-10,15-16H,4,6-7H2,1-3H3. The number of methoxy groups -OCH3 is 2. The van der Waals surface area contributed by atoms with Crippen LogP contribution < -0.4 is 20.5 Å². The summed E-state index contributed by atoms with van der Waals surface area (Å²) in [5.74, 6) is 1.43. The van der Waals surface area contributed by atoms with Crippen molar-refractivity contribution >= 4 is 5.82 Å². The van der Waals surface area contributed by atoms with Crippen molar-refractivity contribution in [2.24, 2.45) is 0 Å². The fourth-order valence-corrected chi connectivity index (χ4v) is 2.20. The smallest absolute Gasteiger partial charge is 0.218 e. The number of hydrogen-bond donors (Lipinski definition) is 2. The van der Waals surface area contributed by atoms with Crippen molar-refractivity contribution in [3.8, 4) is 5.88 Å². The Morgan fingerprint density at radius 2 is 2.11 bits per heavy atom. The minimum Gasteiger partial charge on any atom is -0.481 e. The molecule has 0 aliphatic carbocycles. The number of ether oxygens (including phenoxy) is 2. The number of nitrogens with one attached hydrogen (secondary N) is 2. The summed E-state index contributed by atoms with van der Waals surface area (Å²) >= 11 is 0. The van der Waals surface area contributed by atoms with Crippen LogP contribution in [0.4, 0.5) is 5.82 Å². The van der Waals surface area contributed by atoms with Crippen molar-refractivity contribution in [3.63, 3.8) is 0 Å². The van der Waals surface area contributed by atoms with Gasteiger partial charge in [-0.25, -0.2) is 9.97 Å². The summed E-state index contributed by atoms with van der Waals surface area (Å²) in [6.07, 6.45) is 2.54. The van der Waals surface area contributed by atoms with Crippen molar-refractivity contribution in [1.29, 1.82) is 0 Å². The molecule has 2 heterocycles. The third-order valence-corrected chi connectivity index (χ3v) is 3.15. The van der Waals surface area contributed by atoms with Crippen molar-refractivity contribution in [2.45, 2.75) is 18.5 Å². The highest BCUT2D eigenvalue weighted by Gasteiger charge is 2.24. The fraction of sp³-hybridized carbons (Fsp3) is 0.667. The molecule has 1 fully saturated rings. The topological polar surface area (TPSA) is 71.5 Å². The van der Waals surface area contributed by atoms with Crippen LogP contribution in [0.25, 0.3) is 0 Å². The highest BCUT2D eigenvalue weighted by Crippen LogP contribution is 2.15. The maximum Gasteiger partial charge on any atom is 0.218 e. The summed E-state index contributed by atoms with van der Waals surface area (Å²) in [5, 5.41) is 0. The first-order valence-electron chi connectivity index (χ1n) is 6.30. The summed E-state index contributed by atoms with van der Waals surface area (Å²) in [6, 6.07) is 2.56. The molecule has 2 N–H and O–H groups in total. The Labute approximate surface area is 113 Å². The molecule has 0 aromatic carbocycles. The number of likely N-dealkylation sites (N-methyl/N-ethyl adjacent to an activating group) is 1. The van der Waals surface area contributed by atoms with Gasteiger partial charge in [0, 0.05) is 38.9 Å². The molecule has 2 atom stereocenters. The van der Waals surface area contributed by atoms with Crippen LogP contribution in [-0.2, 0) is 4.74 Å². The van der Waals surface area contributed by atoms with E-state index in [1.54, 1.807) is 14.2 Å². The number of aromatic nitrogens is 2. The highest BCUT2D eigenvalue weighted by atomic mass is 16.5. The quantitative estimate of drug-likeness (QED) is 0.739. The zero-order valence-corrected chi connectivity index (χ0v) is 11.6. The average Bonchev–Trinajstić information content (AvgIpc) is 2.86. The van der Waals surface area contributed by atoms with E-state index < -0.39 is 0 Å². The Balaban J connectivity index is 1.88.